The summed E-state index contributed by atoms with van der Waals surface area (Å²) in [6.45, 7) is 4.45. The number of methoxy groups -OCH3 is 1. The topological polar surface area (TPSA) is 54.9 Å². The van der Waals surface area contributed by atoms with Crippen molar-refractivity contribution < 1.29 is 14.3 Å². The maximum absolute atomic E-state index is 12.1. The molecule has 0 aliphatic carbocycles. The Labute approximate surface area is 149 Å². The Balaban J connectivity index is 1.41. The molecule has 4 heterocycles. The van der Waals surface area contributed by atoms with Gasteiger partial charge in [0.05, 0.1) is 12.7 Å². The number of hydrogen-bond donors (Lipinski definition) is 0. The second-order valence-corrected chi connectivity index (χ2v) is 7.50. The number of aromatic nitrogens is 1. The molecule has 1 spiro atoms. The second kappa shape index (κ2) is 6.92. The van der Waals surface area contributed by atoms with E-state index in [1.807, 2.05) is 6.07 Å². The third-order valence-electron chi connectivity index (χ3n) is 5.85. The van der Waals surface area contributed by atoms with E-state index in [0.717, 1.165) is 70.5 Å². The summed E-state index contributed by atoms with van der Waals surface area (Å²) < 4.78 is 11.6. The van der Waals surface area contributed by atoms with Gasteiger partial charge < -0.3 is 14.4 Å². The minimum atomic E-state index is -0.0960. The predicted octanol–water partition coefficient (Wildman–Crippen LogP) is 1.84. The molecule has 6 heteroatoms. The van der Waals surface area contributed by atoms with E-state index < -0.39 is 0 Å². The standard InChI is InChI=1S/C19H27N3O3/c1-24-18-15(4-2-8-20-18)13-21-10-7-19(14-21)12-16(6-11-25-19)22-9-3-5-17(22)23/h2,4,8,16H,3,5-7,9-14H2,1H3/t16-,19-/m0/s1. The van der Waals surface area contributed by atoms with Gasteiger partial charge in [0.1, 0.15) is 0 Å². The van der Waals surface area contributed by atoms with E-state index in [2.05, 4.69) is 20.9 Å². The van der Waals surface area contributed by atoms with Crippen LogP contribution in [-0.2, 0) is 16.1 Å². The molecule has 0 unspecified atom stereocenters. The van der Waals surface area contributed by atoms with E-state index in [1.165, 1.54) is 0 Å². The molecular weight excluding hydrogens is 318 g/mol. The van der Waals surface area contributed by atoms with Crippen LogP contribution in [0.25, 0.3) is 0 Å². The third kappa shape index (κ3) is 3.37. The number of nitrogens with zero attached hydrogens (tertiary/aromatic N) is 3. The molecule has 25 heavy (non-hydrogen) atoms. The summed E-state index contributed by atoms with van der Waals surface area (Å²) in [6, 6.07) is 4.39. The highest BCUT2D eigenvalue weighted by molar-refractivity contribution is 5.78. The van der Waals surface area contributed by atoms with Crippen molar-refractivity contribution in [3.05, 3.63) is 23.9 Å². The van der Waals surface area contributed by atoms with E-state index in [1.54, 1.807) is 13.3 Å². The Kier molecular flexibility index (Phi) is 4.65. The van der Waals surface area contributed by atoms with Gasteiger partial charge in [-0.05, 0) is 31.7 Å². The van der Waals surface area contributed by atoms with Crippen LogP contribution in [-0.4, -0.2) is 65.7 Å². The Morgan fingerprint density at radius 2 is 2.36 bits per heavy atom. The van der Waals surface area contributed by atoms with Crippen molar-refractivity contribution in [2.45, 2.75) is 50.3 Å². The molecule has 136 valence electrons. The molecule has 0 N–H and O–H groups in total. The summed E-state index contributed by atoms with van der Waals surface area (Å²) in [5, 5.41) is 0. The molecule has 4 rings (SSSR count). The molecule has 3 aliphatic heterocycles. The lowest BCUT2D eigenvalue weighted by Gasteiger charge is -2.41. The molecule has 3 fully saturated rings. The van der Waals surface area contributed by atoms with Crippen LogP contribution in [0.5, 0.6) is 5.88 Å². The fourth-order valence-corrected chi connectivity index (χ4v) is 4.64. The van der Waals surface area contributed by atoms with Crippen LogP contribution < -0.4 is 4.74 Å². The van der Waals surface area contributed by atoms with Gasteiger partial charge >= 0.3 is 0 Å². The van der Waals surface area contributed by atoms with Crippen LogP contribution in [0.1, 0.15) is 37.7 Å². The van der Waals surface area contributed by atoms with Gasteiger partial charge in [0, 0.05) is 57.0 Å². The van der Waals surface area contributed by atoms with Crippen LogP contribution in [0, 0.1) is 0 Å². The monoisotopic (exact) mass is 345 g/mol. The molecule has 0 bridgehead atoms. The van der Waals surface area contributed by atoms with Gasteiger partial charge in [0.25, 0.3) is 0 Å². The van der Waals surface area contributed by atoms with Crippen molar-refractivity contribution >= 4 is 5.91 Å². The van der Waals surface area contributed by atoms with Gasteiger partial charge in [-0.1, -0.05) is 6.07 Å². The summed E-state index contributed by atoms with van der Waals surface area (Å²) in [5.41, 5.74) is 1.02. The first kappa shape index (κ1) is 16.8. The van der Waals surface area contributed by atoms with E-state index in [9.17, 15) is 4.79 Å². The van der Waals surface area contributed by atoms with Crippen LogP contribution in [0.3, 0.4) is 0 Å². The summed E-state index contributed by atoms with van der Waals surface area (Å²) in [4.78, 5) is 20.9. The molecule has 0 saturated carbocycles. The maximum atomic E-state index is 12.1. The third-order valence-corrected chi connectivity index (χ3v) is 5.85. The van der Waals surface area contributed by atoms with Gasteiger partial charge in [0.15, 0.2) is 0 Å². The zero-order chi connectivity index (χ0) is 17.3. The number of amides is 1. The normalized spacial score (nSPS) is 30.4. The fraction of sp³-hybridized carbons (Fsp3) is 0.684. The van der Waals surface area contributed by atoms with Crippen molar-refractivity contribution in [2.24, 2.45) is 0 Å². The first-order valence-corrected chi connectivity index (χ1v) is 9.33. The minimum absolute atomic E-state index is 0.0960. The minimum Gasteiger partial charge on any atom is -0.481 e. The number of hydrogen-bond acceptors (Lipinski definition) is 5. The summed E-state index contributed by atoms with van der Waals surface area (Å²) >= 11 is 0. The SMILES string of the molecule is COc1ncccc1CN1CC[C@]2(C[C@@H](N3CCCC3=O)CCO2)C1. The van der Waals surface area contributed by atoms with Gasteiger partial charge in [0.2, 0.25) is 11.8 Å². The average Bonchev–Trinajstić information content (AvgIpc) is 3.22. The zero-order valence-electron chi connectivity index (χ0n) is 14.9. The molecule has 3 saturated heterocycles. The lowest BCUT2D eigenvalue weighted by molar-refractivity contribution is -0.137. The summed E-state index contributed by atoms with van der Waals surface area (Å²) in [5.74, 6) is 1.03. The van der Waals surface area contributed by atoms with Gasteiger partial charge in [-0.2, -0.15) is 0 Å². The van der Waals surface area contributed by atoms with Crippen molar-refractivity contribution in [2.75, 3.05) is 33.4 Å². The molecule has 1 aromatic rings. The van der Waals surface area contributed by atoms with Crippen molar-refractivity contribution in [1.82, 2.24) is 14.8 Å². The lowest BCUT2D eigenvalue weighted by Crippen LogP contribution is -2.50. The predicted molar refractivity (Wildman–Crippen MR) is 93.3 cm³/mol. The number of ether oxygens (including phenoxy) is 2. The largest absolute Gasteiger partial charge is 0.481 e. The smallest absolute Gasteiger partial charge is 0.222 e. The summed E-state index contributed by atoms with van der Waals surface area (Å²) in [7, 11) is 1.67. The Morgan fingerprint density at radius 1 is 1.44 bits per heavy atom. The van der Waals surface area contributed by atoms with Crippen LogP contribution in [0.4, 0.5) is 0 Å². The first-order chi connectivity index (χ1) is 12.2. The number of rotatable bonds is 4. The molecule has 3 aliphatic rings. The molecular formula is C19H27N3O3. The Hall–Kier alpha value is -1.66. The van der Waals surface area contributed by atoms with E-state index >= 15 is 0 Å². The first-order valence-electron chi connectivity index (χ1n) is 9.33. The second-order valence-electron chi connectivity index (χ2n) is 7.50. The van der Waals surface area contributed by atoms with Crippen LogP contribution in [0.15, 0.2) is 18.3 Å². The lowest BCUT2D eigenvalue weighted by atomic mass is 9.89. The maximum Gasteiger partial charge on any atom is 0.222 e. The van der Waals surface area contributed by atoms with Gasteiger partial charge in [-0.15, -0.1) is 0 Å². The van der Waals surface area contributed by atoms with E-state index in [-0.39, 0.29) is 5.60 Å². The highest BCUT2D eigenvalue weighted by Gasteiger charge is 2.45. The highest BCUT2D eigenvalue weighted by Crippen LogP contribution is 2.37. The molecule has 0 aromatic carbocycles. The van der Waals surface area contributed by atoms with E-state index in [4.69, 9.17) is 9.47 Å². The molecule has 6 nitrogen and oxygen atoms in total. The van der Waals surface area contributed by atoms with Crippen molar-refractivity contribution in [1.29, 1.82) is 0 Å². The number of carbonyl (C=O) groups is 1. The number of likely N-dealkylation sites (tertiary alicyclic amines) is 2. The van der Waals surface area contributed by atoms with Gasteiger partial charge in [-0.25, -0.2) is 4.98 Å². The molecule has 1 aromatic heterocycles. The Morgan fingerprint density at radius 3 is 3.16 bits per heavy atom. The number of carbonyl (C=O) groups excluding carboxylic acids is 1. The highest BCUT2D eigenvalue weighted by atomic mass is 16.5. The van der Waals surface area contributed by atoms with E-state index in [0.29, 0.717) is 17.8 Å². The van der Waals surface area contributed by atoms with Crippen molar-refractivity contribution in [3.63, 3.8) is 0 Å². The zero-order valence-corrected chi connectivity index (χ0v) is 14.9. The van der Waals surface area contributed by atoms with Gasteiger partial charge in [-0.3, -0.25) is 9.69 Å². The Bertz CT molecular complexity index is 638. The average molecular weight is 345 g/mol. The van der Waals surface area contributed by atoms with Crippen molar-refractivity contribution in [3.8, 4) is 5.88 Å². The van der Waals surface area contributed by atoms with Crippen LogP contribution in [0.2, 0.25) is 0 Å². The van der Waals surface area contributed by atoms with Crippen LogP contribution >= 0.6 is 0 Å². The summed E-state index contributed by atoms with van der Waals surface area (Å²) in [6.07, 6.45) is 6.47. The fourth-order valence-electron chi connectivity index (χ4n) is 4.64. The molecule has 1 amide bonds. The quantitative estimate of drug-likeness (QED) is 0.833. The molecule has 0 radical (unpaired) electrons. The molecule has 2 atom stereocenters. The number of pyridine rings is 1.